The second kappa shape index (κ2) is 11.6. The summed E-state index contributed by atoms with van der Waals surface area (Å²) in [5, 5.41) is 0. The average Bonchev–Trinajstić information content (AvgIpc) is 2.42. The molecule has 1 heteroatoms. The summed E-state index contributed by atoms with van der Waals surface area (Å²) in [4.78, 5) is 0. The summed E-state index contributed by atoms with van der Waals surface area (Å²) in [7, 11) is 0. The number of rotatable bonds is 11. The fourth-order valence-corrected chi connectivity index (χ4v) is 3.11. The smallest absolute Gasteiger partial charge is 0.00674 e. The topological polar surface area (TPSA) is 0 Å². The zero-order valence-electron chi connectivity index (χ0n) is 11.9. The molecule has 0 aliphatic carbocycles. The van der Waals surface area contributed by atoms with Crippen LogP contribution in [0.15, 0.2) is 30.3 Å². The third-order valence-corrected chi connectivity index (χ3v) is 4.39. The Morgan fingerprint density at radius 3 is 2.17 bits per heavy atom. The maximum Gasteiger partial charge on any atom is -0.00674 e. The zero-order chi connectivity index (χ0) is 12.9. The molecular formula is C17H28S. The Labute approximate surface area is 118 Å². The quantitative estimate of drug-likeness (QED) is 0.461. The minimum Gasteiger partial charge on any atom is -0.162 e. The fraction of sp³-hybridized carbons (Fsp3) is 0.647. The van der Waals surface area contributed by atoms with Gasteiger partial charge in [-0.05, 0) is 42.8 Å². The van der Waals surface area contributed by atoms with Crippen molar-refractivity contribution in [3.8, 4) is 0 Å². The summed E-state index contributed by atoms with van der Waals surface area (Å²) >= 11 is 2.15. The van der Waals surface area contributed by atoms with Crippen molar-refractivity contribution in [1.29, 1.82) is 0 Å². The van der Waals surface area contributed by atoms with Crippen LogP contribution in [-0.4, -0.2) is 11.5 Å². The van der Waals surface area contributed by atoms with E-state index in [0.717, 1.165) is 0 Å². The first-order valence-corrected chi connectivity index (χ1v) is 8.70. The molecule has 102 valence electrons. The molecule has 0 saturated carbocycles. The molecule has 0 unspecified atom stereocenters. The highest BCUT2D eigenvalue weighted by atomic mass is 32.2. The van der Waals surface area contributed by atoms with Gasteiger partial charge in [-0.3, -0.25) is 0 Å². The van der Waals surface area contributed by atoms with Crippen LogP contribution in [0.2, 0.25) is 0 Å². The molecule has 0 heterocycles. The first kappa shape index (κ1) is 15.6. The normalized spacial score (nSPS) is 10.7. The lowest BCUT2D eigenvalue weighted by atomic mass is 10.1. The van der Waals surface area contributed by atoms with Crippen molar-refractivity contribution < 1.29 is 0 Å². The number of hydrogen-bond acceptors (Lipinski definition) is 1. The van der Waals surface area contributed by atoms with Gasteiger partial charge in [0.05, 0.1) is 0 Å². The van der Waals surface area contributed by atoms with Crippen LogP contribution in [0.3, 0.4) is 0 Å². The molecule has 1 aromatic rings. The molecule has 0 atom stereocenters. The van der Waals surface area contributed by atoms with Crippen molar-refractivity contribution in [3.63, 3.8) is 0 Å². The van der Waals surface area contributed by atoms with Crippen molar-refractivity contribution >= 4 is 11.8 Å². The zero-order valence-corrected chi connectivity index (χ0v) is 12.7. The lowest BCUT2D eigenvalue weighted by Gasteiger charge is -2.03. The van der Waals surface area contributed by atoms with E-state index in [2.05, 4.69) is 49.0 Å². The number of aryl methyl sites for hydroxylation is 1. The molecule has 0 spiro atoms. The lowest BCUT2D eigenvalue weighted by molar-refractivity contribution is 0.659. The molecule has 18 heavy (non-hydrogen) atoms. The fourth-order valence-electron chi connectivity index (χ4n) is 2.09. The Bertz CT molecular complexity index is 268. The third-order valence-electron chi connectivity index (χ3n) is 3.24. The molecule has 0 nitrogen and oxygen atoms in total. The maximum atomic E-state index is 2.28. The van der Waals surface area contributed by atoms with E-state index in [-0.39, 0.29) is 0 Å². The van der Waals surface area contributed by atoms with Crippen LogP contribution in [0, 0.1) is 0 Å². The third kappa shape index (κ3) is 8.63. The van der Waals surface area contributed by atoms with Gasteiger partial charge >= 0.3 is 0 Å². The number of benzene rings is 1. The predicted octanol–water partition coefficient (Wildman–Crippen LogP) is 5.71. The Kier molecular flexibility index (Phi) is 10.1. The van der Waals surface area contributed by atoms with Crippen LogP contribution in [-0.2, 0) is 6.42 Å². The first-order chi connectivity index (χ1) is 8.93. The van der Waals surface area contributed by atoms with Crippen LogP contribution in [0.4, 0.5) is 0 Å². The lowest BCUT2D eigenvalue weighted by Crippen LogP contribution is -1.88. The Morgan fingerprint density at radius 1 is 0.778 bits per heavy atom. The van der Waals surface area contributed by atoms with Gasteiger partial charge in [0.2, 0.25) is 0 Å². The van der Waals surface area contributed by atoms with Crippen LogP contribution in [0.5, 0.6) is 0 Å². The van der Waals surface area contributed by atoms with Gasteiger partial charge in [-0.1, -0.05) is 62.9 Å². The second-order valence-corrected chi connectivity index (χ2v) is 6.19. The van der Waals surface area contributed by atoms with E-state index in [4.69, 9.17) is 0 Å². The van der Waals surface area contributed by atoms with E-state index in [1.807, 2.05) is 0 Å². The minimum absolute atomic E-state index is 1.25. The SMILES string of the molecule is CCCCCCCSCCCCc1ccccc1. The summed E-state index contributed by atoms with van der Waals surface area (Å²) in [5.41, 5.74) is 1.49. The summed E-state index contributed by atoms with van der Waals surface area (Å²) in [6.07, 6.45) is 11.0. The molecular weight excluding hydrogens is 236 g/mol. The highest BCUT2D eigenvalue weighted by molar-refractivity contribution is 7.99. The van der Waals surface area contributed by atoms with Crippen LogP contribution in [0.25, 0.3) is 0 Å². The van der Waals surface area contributed by atoms with Gasteiger partial charge in [-0.2, -0.15) is 11.8 Å². The molecule has 0 fully saturated rings. The second-order valence-electron chi connectivity index (χ2n) is 4.97. The molecule has 1 rings (SSSR count). The van der Waals surface area contributed by atoms with E-state index in [1.54, 1.807) is 0 Å². The molecule has 0 aliphatic heterocycles. The van der Waals surface area contributed by atoms with Crippen molar-refractivity contribution in [3.05, 3.63) is 35.9 Å². The Hall–Kier alpha value is -0.430. The van der Waals surface area contributed by atoms with E-state index in [0.29, 0.717) is 0 Å². The molecule has 0 amide bonds. The van der Waals surface area contributed by atoms with Crippen molar-refractivity contribution in [1.82, 2.24) is 0 Å². The number of unbranched alkanes of at least 4 members (excludes halogenated alkanes) is 5. The van der Waals surface area contributed by atoms with Gasteiger partial charge in [0, 0.05) is 0 Å². The monoisotopic (exact) mass is 264 g/mol. The Morgan fingerprint density at radius 2 is 1.44 bits per heavy atom. The van der Waals surface area contributed by atoms with E-state index in [1.165, 1.54) is 68.4 Å². The van der Waals surface area contributed by atoms with Gasteiger partial charge < -0.3 is 0 Å². The highest BCUT2D eigenvalue weighted by Crippen LogP contribution is 2.12. The van der Waals surface area contributed by atoms with Gasteiger partial charge in [-0.15, -0.1) is 0 Å². The average molecular weight is 264 g/mol. The minimum atomic E-state index is 1.25. The van der Waals surface area contributed by atoms with Crippen LogP contribution < -0.4 is 0 Å². The van der Waals surface area contributed by atoms with E-state index < -0.39 is 0 Å². The standard InChI is InChI=1S/C17H28S/c1-2-3-4-5-10-15-18-16-11-9-14-17-12-7-6-8-13-17/h6-8,12-13H,2-5,9-11,14-16H2,1H3. The van der Waals surface area contributed by atoms with Gasteiger partial charge in [-0.25, -0.2) is 0 Å². The van der Waals surface area contributed by atoms with Gasteiger partial charge in [0.25, 0.3) is 0 Å². The van der Waals surface area contributed by atoms with Crippen molar-refractivity contribution in [2.24, 2.45) is 0 Å². The van der Waals surface area contributed by atoms with Gasteiger partial charge in [0.15, 0.2) is 0 Å². The van der Waals surface area contributed by atoms with Crippen LogP contribution in [0.1, 0.15) is 57.4 Å². The molecule has 0 aliphatic rings. The summed E-state index contributed by atoms with van der Waals surface area (Å²) in [6.45, 7) is 2.28. The predicted molar refractivity (Wildman–Crippen MR) is 85.5 cm³/mol. The molecule has 0 bridgehead atoms. The van der Waals surface area contributed by atoms with Gasteiger partial charge in [0.1, 0.15) is 0 Å². The van der Waals surface area contributed by atoms with Crippen molar-refractivity contribution in [2.45, 2.75) is 58.3 Å². The number of thioether (sulfide) groups is 1. The van der Waals surface area contributed by atoms with E-state index >= 15 is 0 Å². The molecule has 0 N–H and O–H groups in total. The Balaban J connectivity index is 1.82. The summed E-state index contributed by atoms with van der Waals surface area (Å²) in [5.74, 6) is 2.72. The number of hydrogen-bond donors (Lipinski definition) is 0. The molecule has 1 aromatic carbocycles. The largest absolute Gasteiger partial charge is 0.162 e. The molecule has 0 aromatic heterocycles. The highest BCUT2D eigenvalue weighted by Gasteiger charge is 1.94. The maximum absolute atomic E-state index is 2.28. The van der Waals surface area contributed by atoms with Crippen molar-refractivity contribution in [2.75, 3.05) is 11.5 Å². The first-order valence-electron chi connectivity index (χ1n) is 7.55. The summed E-state index contributed by atoms with van der Waals surface area (Å²) in [6, 6.07) is 10.8. The van der Waals surface area contributed by atoms with E-state index in [9.17, 15) is 0 Å². The molecule has 0 saturated heterocycles. The van der Waals surface area contributed by atoms with Crippen LogP contribution >= 0.6 is 11.8 Å². The summed E-state index contributed by atoms with van der Waals surface area (Å²) < 4.78 is 0. The molecule has 0 radical (unpaired) electrons.